The van der Waals surface area contributed by atoms with Crippen LogP contribution in [0.15, 0.2) is 42.0 Å². The van der Waals surface area contributed by atoms with Gasteiger partial charge in [0.25, 0.3) is 0 Å². The third-order valence-corrected chi connectivity index (χ3v) is 3.31. The number of thiophene rings is 1. The summed E-state index contributed by atoms with van der Waals surface area (Å²) in [6.07, 6.45) is 3.43. The number of H-pyrrole nitrogens is 1. The Morgan fingerprint density at radius 1 is 1.31 bits per heavy atom. The molecule has 0 aromatic carbocycles. The van der Waals surface area contributed by atoms with Gasteiger partial charge in [0, 0.05) is 17.8 Å². The summed E-state index contributed by atoms with van der Waals surface area (Å²) in [6.45, 7) is 0. The number of ketones is 1. The average molecular weight is 228 g/mol. The molecule has 16 heavy (non-hydrogen) atoms. The quantitative estimate of drug-likeness (QED) is 0.685. The van der Waals surface area contributed by atoms with Crippen molar-refractivity contribution in [3.05, 3.63) is 52.5 Å². The molecule has 3 aromatic rings. The van der Waals surface area contributed by atoms with Crippen LogP contribution in [0.3, 0.4) is 0 Å². The van der Waals surface area contributed by atoms with Gasteiger partial charge in [-0.05, 0) is 23.6 Å². The number of aromatic amines is 1. The van der Waals surface area contributed by atoms with E-state index in [-0.39, 0.29) is 5.78 Å². The molecule has 3 rings (SSSR count). The van der Waals surface area contributed by atoms with Crippen LogP contribution >= 0.6 is 11.3 Å². The van der Waals surface area contributed by atoms with Crippen LogP contribution in [0.5, 0.6) is 0 Å². The highest BCUT2D eigenvalue weighted by atomic mass is 32.1. The summed E-state index contributed by atoms with van der Waals surface area (Å²) in [4.78, 5) is 20.1. The van der Waals surface area contributed by atoms with Crippen molar-refractivity contribution >= 4 is 28.2 Å². The highest BCUT2D eigenvalue weighted by Gasteiger charge is 2.14. The first kappa shape index (κ1) is 9.30. The van der Waals surface area contributed by atoms with Crippen LogP contribution in [0, 0.1) is 0 Å². The molecule has 3 aromatic heterocycles. The Morgan fingerprint density at radius 3 is 3.06 bits per heavy atom. The van der Waals surface area contributed by atoms with Crippen molar-refractivity contribution in [3.8, 4) is 0 Å². The average Bonchev–Trinajstić information content (AvgIpc) is 2.98. The highest BCUT2D eigenvalue weighted by Crippen LogP contribution is 2.21. The molecular formula is C12H8N2OS. The molecule has 0 aliphatic rings. The van der Waals surface area contributed by atoms with Crippen molar-refractivity contribution in [3.63, 3.8) is 0 Å². The molecule has 0 amide bonds. The van der Waals surface area contributed by atoms with Gasteiger partial charge in [-0.1, -0.05) is 6.07 Å². The van der Waals surface area contributed by atoms with Gasteiger partial charge < -0.3 is 4.98 Å². The Labute approximate surface area is 95.8 Å². The van der Waals surface area contributed by atoms with Gasteiger partial charge in [-0.15, -0.1) is 11.3 Å². The number of carbonyl (C=O) groups excluding carboxylic acids is 1. The number of aromatic nitrogens is 2. The van der Waals surface area contributed by atoms with Crippen molar-refractivity contribution in [1.29, 1.82) is 0 Å². The zero-order chi connectivity index (χ0) is 11.0. The second-order valence-electron chi connectivity index (χ2n) is 3.41. The molecule has 1 N–H and O–H groups in total. The van der Waals surface area contributed by atoms with E-state index >= 15 is 0 Å². The lowest BCUT2D eigenvalue weighted by Crippen LogP contribution is -1.96. The van der Waals surface area contributed by atoms with Gasteiger partial charge in [-0.3, -0.25) is 4.79 Å². The molecule has 0 atom stereocenters. The van der Waals surface area contributed by atoms with Crippen molar-refractivity contribution in [2.75, 3.05) is 0 Å². The third-order valence-electron chi connectivity index (χ3n) is 2.44. The molecule has 0 aliphatic heterocycles. The Hall–Kier alpha value is -1.94. The molecule has 3 heterocycles. The van der Waals surface area contributed by atoms with Gasteiger partial charge in [0.1, 0.15) is 5.65 Å². The summed E-state index contributed by atoms with van der Waals surface area (Å²) in [7, 11) is 0. The van der Waals surface area contributed by atoms with Crippen molar-refractivity contribution in [1.82, 2.24) is 9.97 Å². The van der Waals surface area contributed by atoms with Gasteiger partial charge in [0.05, 0.1) is 10.4 Å². The standard InChI is InChI=1S/C12H8N2OS/c15-11(10-4-2-6-16-10)9-7-14-12-8(9)3-1-5-13-12/h1-7H,(H,13,14). The number of nitrogens with zero attached hydrogens (tertiary/aromatic N) is 1. The summed E-state index contributed by atoms with van der Waals surface area (Å²) >= 11 is 1.45. The zero-order valence-corrected chi connectivity index (χ0v) is 9.12. The summed E-state index contributed by atoms with van der Waals surface area (Å²) in [5.41, 5.74) is 1.44. The summed E-state index contributed by atoms with van der Waals surface area (Å²) in [5, 5.41) is 2.78. The van der Waals surface area contributed by atoms with Crippen molar-refractivity contribution < 1.29 is 4.79 Å². The molecule has 0 saturated heterocycles. The van der Waals surface area contributed by atoms with E-state index in [1.165, 1.54) is 11.3 Å². The van der Waals surface area contributed by atoms with Gasteiger partial charge in [0.15, 0.2) is 0 Å². The molecule has 0 radical (unpaired) electrons. The maximum atomic E-state index is 12.1. The molecule has 0 bridgehead atoms. The number of rotatable bonds is 2. The van der Waals surface area contributed by atoms with E-state index in [2.05, 4.69) is 9.97 Å². The van der Waals surface area contributed by atoms with Gasteiger partial charge in [0.2, 0.25) is 5.78 Å². The second-order valence-corrected chi connectivity index (χ2v) is 4.36. The van der Waals surface area contributed by atoms with E-state index in [9.17, 15) is 4.79 Å². The van der Waals surface area contributed by atoms with Crippen LogP contribution in [-0.4, -0.2) is 15.8 Å². The lowest BCUT2D eigenvalue weighted by Gasteiger charge is -1.94. The molecule has 0 saturated carbocycles. The van der Waals surface area contributed by atoms with E-state index in [0.717, 1.165) is 15.9 Å². The Morgan fingerprint density at radius 2 is 2.25 bits per heavy atom. The SMILES string of the molecule is O=C(c1cccs1)c1c[nH]c2ncccc12. The van der Waals surface area contributed by atoms with Crippen LogP contribution in [0.1, 0.15) is 15.2 Å². The molecule has 0 fully saturated rings. The van der Waals surface area contributed by atoms with Gasteiger partial charge >= 0.3 is 0 Å². The summed E-state index contributed by atoms with van der Waals surface area (Å²) < 4.78 is 0. The Bertz CT molecular complexity index is 640. The molecule has 3 nitrogen and oxygen atoms in total. The van der Waals surface area contributed by atoms with Crippen LogP contribution in [0.2, 0.25) is 0 Å². The summed E-state index contributed by atoms with van der Waals surface area (Å²) in [6, 6.07) is 7.45. The number of pyridine rings is 1. The number of carbonyl (C=O) groups is 1. The molecule has 0 unspecified atom stereocenters. The third kappa shape index (κ3) is 1.35. The minimum atomic E-state index is 0.0502. The maximum Gasteiger partial charge on any atom is 0.205 e. The van der Waals surface area contributed by atoms with Gasteiger partial charge in [-0.2, -0.15) is 0 Å². The predicted molar refractivity (Wildman–Crippen MR) is 63.8 cm³/mol. The fraction of sp³-hybridized carbons (Fsp3) is 0. The van der Waals surface area contributed by atoms with E-state index in [1.807, 2.05) is 29.6 Å². The fourth-order valence-electron chi connectivity index (χ4n) is 1.68. The molecular weight excluding hydrogens is 220 g/mol. The lowest BCUT2D eigenvalue weighted by molar-refractivity contribution is 0.104. The zero-order valence-electron chi connectivity index (χ0n) is 8.31. The number of hydrogen-bond acceptors (Lipinski definition) is 3. The molecule has 0 aliphatic carbocycles. The van der Waals surface area contributed by atoms with Crippen LogP contribution < -0.4 is 0 Å². The minimum absolute atomic E-state index is 0.0502. The monoisotopic (exact) mass is 228 g/mol. The number of fused-ring (bicyclic) bond motifs is 1. The normalized spacial score (nSPS) is 10.8. The topological polar surface area (TPSA) is 45.8 Å². The second kappa shape index (κ2) is 3.57. The van der Waals surface area contributed by atoms with Crippen molar-refractivity contribution in [2.45, 2.75) is 0 Å². The first-order chi connectivity index (χ1) is 7.86. The van der Waals surface area contributed by atoms with E-state index in [4.69, 9.17) is 0 Å². The fourth-order valence-corrected chi connectivity index (χ4v) is 2.36. The van der Waals surface area contributed by atoms with Crippen molar-refractivity contribution in [2.24, 2.45) is 0 Å². The molecule has 0 spiro atoms. The first-order valence-corrected chi connectivity index (χ1v) is 5.74. The van der Waals surface area contributed by atoms with E-state index in [1.54, 1.807) is 12.4 Å². The number of hydrogen-bond donors (Lipinski definition) is 1. The minimum Gasteiger partial charge on any atom is -0.345 e. The smallest absolute Gasteiger partial charge is 0.205 e. The molecule has 4 heteroatoms. The van der Waals surface area contributed by atoms with E-state index < -0.39 is 0 Å². The van der Waals surface area contributed by atoms with Gasteiger partial charge in [-0.25, -0.2) is 4.98 Å². The molecule has 78 valence electrons. The van der Waals surface area contributed by atoms with Crippen LogP contribution in [0.4, 0.5) is 0 Å². The Kier molecular flexibility index (Phi) is 2.08. The Balaban J connectivity index is 2.16. The largest absolute Gasteiger partial charge is 0.345 e. The maximum absolute atomic E-state index is 12.1. The summed E-state index contributed by atoms with van der Waals surface area (Å²) in [5.74, 6) is 0.0502. The first-order valence-electron chi connectivity index (χ1n) is 4.86. The predicted octanol–water partition coefficient (Wildman–Crippen LogP) is 2.86. The number of nitrogens with one attached hydrogen (secondary N) is 1. The van der Waals surface area contributed by atoms with E-state index in [0.29, 0.717) is 5.56 Å². The van der Waals surface area contributed by atoms with Crippen LogP contribution in [0.25, 0.3) is 11.0 Å². The lowest BCUT2D eigenvalue weighted by atomic mass is 10.1. The van der Waals surface area contributed by atoms with Crippen LogP contribution in [-0.2, 0) is 0 Å². The highest BCUT2D eigenvalue weighted by molar-refractivity contribution is 7.12.